The Hall–Kier alpha value is -1.57. The lowest BCUT2D eigenvalue weighted by Gasteiger charge is -2.39. The summed E-state index contributed by atoms with van der Waals surface area (Å²) in [5.41, 5.74) is 4.01. The lowest BCUT2D eigenvalue weighted by molar-refractivity contribution is -0.115. The van der Waals surface area contributed by atoms with Crippen LogP contribution in [0.5, 0.6) is 5.75 Å². The first kappa shape index (κ1) is 13.4. The van der Waals surface area contributed by atoms with Crippen molar-refractivity contribution in [1.29, 1.82) is 0 Å². The summed E-state index contributed by atoms with van der Waals surface area (Å²) in [4.78, 5) is 11.8. The number of allylic oxidation sites excluding steroid dienone is 2. The smallest absolute Gasteiger partial charge is 0.155 e. The van der Waals surface area contributed by atoms with Gasteiger partial charge in [0.05, 0.1) is 0 Å². The predicted molar refractivity (Wildman–Crippen MR) is 80.0 cm³/mol. The molecule has 0 aromatic heterocycles. The van der Waals surface area contributed by atoms with Crippen molar-refractivity contribution in [3.8, 4) is 5.75 Å². The van der Waals surface area contributed by atoms with Gasteiger partial charge in [0.1, 0.15) is 5.75 Å². The number of fused-ring (bicyclic) bond motifs is 3. The Bertz CT molecular complexity index is 571. The number of aromatic hydroxyl groups is 1. The minimum Gasteiger partial charge on any atom is -0.508 e. The van der Waals surface area contributed by atoms with Crippen molar-refractivity contribution >= 4 is 5.78 Å². The first-order valence-electron chi connectivity index (χ1n) is 7.72. The van der Waals surface area contributed by atoms with E-state index in [4.69, 9.17) is 0 Å². The van der Waals surface area contributed by atoms with Gasteiger partial charge in [-0.05, 0) is 61.4 Å². The summed E-state index contributed by atoms with van der Waals surface area (Å²) >= 11 is 0. The van der Waals surface area contributed by atoms with Crippen molar-refractivity contribution in [2.45, 2.75) is 57.3 Å². The molecule has 2 aliphatic rings. The molecule has 0 amide bonds. The van der Waals surface area contributed by atoms with Crippen LogP contribution in [-0.2, 0) is 16.6 Å². The van der Waals surface area contributed by atoms with Gasteiger partial charge in [-0.2, -0.15) is 0 Å². The molecule has 1 unspecified atom stereocenters. The first-order valence-corrected chi connectivity index (χ1v) is 7.72. The van der Waals surface area contributed by atoms with Gasteiger partial charge in [0, 0.05) is 11.8 Å². The standard InChI is InChI=1S/C18H22O2/c1-2-9-18-10-8-16(20)12-14(18)5-3-4-13-11-15(19)6-7-17(13)18/h6-7,11-12,19H,2-5,8-10H2,1H3. The lowest BCUT2D eigenvalue weighted by atomic mass is 9.64. The number of phenolic OH excluding ortho intramolecular Hbond substituents is 1. The van der Waals surface area contributed by atoms with Gasteiger partial charge in [0.2, 0.25) is 0 Å². The Labute approximate surface area is 120 Å². The van der Waals surface area contributed by atoms with Crippen LogP contribution in [0.3, 0.4) is 0 Å². The van der Waals surface area contributed by atoms with Gasteiger partial charge in [-0.1, -0.05) is 25.0 Å². The molecule has 0 radical (unpaired) electrons. The topological polar surface area (TPSA) is 37.3 Å². The largest absolute Gasteiger partial charge is 0.508 e. The highest BCUT2D eigenvalue weighted by molar-refractivity contribution is 5.92. The van der Waals surface area contributed by atoms with E-state index >= 15 is 0 Å². The molecular formula is C18H22O2. The monoisotopic (exact) mass is 270 g/mol. The molecule has 0 saturated carbocycles. The summed E-state index contributed by atoms with van der Waals surface area (Å²) < 4.78 is 0. The van der Waals surface area contributed by atoms with Crippen molar-refractivity contribution in [3.63, 3.8) is 0 Å². The molecule has 1 aromatic rings. The molecule has 0 bridgehead atoms. The maximum Gasteiger partial charge on any atom is 0.155 e. The van der Waals surface area contributed by atoms with E-state index in [0.717, 1.165) is 38.5 Å². The molecule has 2 heteroatoms. The van der Waals surface area contributed by atoms with E-state index in [0.29, 0.717) is 12.2 Å². The summed E-state index contributed by atoms with van der Waals surface area (Å²) in [6, 6.07) is 5.82. The molecule has 106 valence electrons. The number of ketones is 1. The van der Waals surface area contributed by atoms with Crippen LogP contribution in [0.4, 0.5) is 0 Å². The van der Waals surface area contributed by atoms with Crippen molar-refractivity contribution in [2.24, 2.45) is 0 Å². The van der Waals surface area contributed by atoms with Crippen LogP contribution in [0.2, 0.25) is 0 Å². The summed E-state index contributed by atoms with van der Waals surface area (Å²) in [5, 5.41) is 9.76. The summed E-state index contributed by atoms with van der Waals surface area (Å²) in [6.45, 7) is 2.22. The van der Waals surface area contributed by atoms with Gasteiger partial charge >= 0.3 is 0 Å². The number of benzene rings is 1. The van der Waals surface area contributed by atoms with Gasteiger partial charge in [-0.3, -0.25) is 4.79 Å². The van der Waals surface area contributed by atoms with E-state index in [9.17, 15) is 9.90 Å². The number of carbonyl (C=O) groups is 1. The predicted octanol–water partition coefficient (Wildman–Crippen LogP) is 4.06. The van der Waals surface area contributed by atoms with Gasteiger partial charge in [-0.15, -0.1) is 0 Å². The number of phenols is 1. The second-order valence-corrected chi connectivity index (χ2v) is 6.16. The molecule has 1 aromatic carbocycles. The Morgan fingerprint density at radius 2 is 2.10 bits per heavy atom. The highest BCUT2D eigenvalue weighted by Gasteiger charge is 2.40. The van der Waals surface area contributed by atoms with E-state index in [1.807, 2.05) is 12.1 Å². The van der Waals surface area contributed by atoms with Crippen LogP contribution >= 0.6 is 0 Å². The average Bonchev–Trinajstić information content (AvgIpc) is 2.56. The maximum atomic E-state index is 11.8. The number of carbonyl (C=O) groups excluding carboxylic acids is 1. The highest BCUT2D eigenvalue weighted by Crippen LogP contribution is 2.49. The van der Waals surface area contributed by atoms with Crippen LogP contribution in [0.15, 0.2) is 29.8 Å². The fraction of sp³-hybridized carbons (Fsp3) is 0.500. The third-order valence-corrected chi connectivity index (χ3v) is 4.92. The molecule has 3 rings (SSSR count). The lowest BCUT2D eigenvalue weighted by Crippen LogP contribution is -2.33. The fourth-order valence-corrected chi connectivity index (χ4v) is 4.09. The number of rotatable bonds is 2. The molecule has 0 fully saturated rings. The van der Waals surface area contributed by atoms with Crippen LogP contribution in [0.25, 0.3) is 0 Å². The molecular weight excluding hydrogens is 248 g/mol. The zero-order valence-corrected chi connectivity index (χ0v) is 12.1. The summed E-state index contributed by atoms with van der Waals surface area (Å²) in [6.07, 6.45) is 8.81. The van der Waals surface area contributed by atoms with E-state index in [2.05, 4.69) is 13.0 Å². The second kappa shape index (κ2) is 5.08. The molecule has 2 nitrogen and oxygen atoms in total. The van der Waals surface area contributed by atoms with Crippen LogP contribution in [0.1, 0.15) is 56.6 Å². The van der Waals surface area contributed by atoms with Crippen LogP contribution in [0, 0.1) is 0 Å². The Balaban J connectivity index is 2.19. The summed E-state index contributed by atoms with van der Waals surface area (Å²) in [5.74, 6) is 0.642. The fourth-order valence-electron chi connectivity index (χ4n) is 4.09. The van der Waals surface area contributed by atoms with E-state index < -0.39 is 0 Å². The van der Waals surface area contributed by atoms with Crippen molar-refractivity contribution in [3.05, 3.63) is 41.0 Å². The second-order valence-electron chi connectivity index (χ2n) is 6.16. The molecule has 1 atom stereocenters. The number of hydrogen-bond acceptors (Lipinski definition) is 2. The highest BCUT2D eigenvalue weighted by atomic mass is 16.3. The summed E-state index contributed by atoms with van der Waals surface area (Å²) in [7, 11) is 0. The van der Waals surface area contributed by atoms with E-state index in [1.165, 1.54) is 16.7 Å². The Morgan fingerprint density at radius 3 is 2.90 bits per heavy atom. The molecule has 20 heavy (non-hydrogen) atoms. The zero-order chi connectivity index (χ0) is 14.2. The minimum absolute atomic E-state index is 0.0438. The van der Waals surface area contributed by atoms with Crippen molar-refractivity contribution in [2.75, 3.05) is 0 Å². The van der Waals surface area contributed by atoms with Gasteiger partial charge in [-0.25, -0.2) is 0 Å². The SMILES string of the molecule is CCCC12CCC(=O)C=C1CCCc1cc(O)ccc12. The number of hydrogen-bond donors (Lipinski definition) is 1. The average molecular weight is 270 g/mol. The minimum atomic E-state index is 0.0438. The molecule has 2 aliphatic carbocycles. The number of aryl methyl sites for hydroxylation is 1. The molecule has 0 spiro atoms. The molecule has 0 heterocycles. The van der Waals surface area contributed by atoms with Crippen LogP contribution in [-0.4, -0.2) is 10.9 Å². The van der Waals surface area contributed by atoms with Crippen LogP contribution < -0.4 is 0 Å². The molecule has 1 N–H and O–H groups in total. The van der Waals surface area contributed by atoms with E-state index in [1.54, 1.807) is 6.07 Å². The maximum absolute atomic E-state index is 11.8. The third-order valence-electron chi connectivity index (χ3n) is 4.92. The molecule has 0 saturated heterocycles. The van der Waals surface area contributed by atoms with Crippen molar-refractivity contribution in [1.82, 2.24) is 0 Å². The Morgan fingerprint density at radius 1 is 1.25 bits per heavy atom. The van der Waals surface area contributed by atoms with Gasteiger partial charge in [0.25, 0.3) is 0 Å². The van der Waals surface area contributed by atoms with E-state index in [-0.39, 0.29) is 11.2 Å². The third kappa shape index (κ3) is 2.07. The quantitative estimate of drug-likeness (QED) is 0.880. The normalized spacial score (nSPS) is 25.4. The van der Waals surface area contributed by atoms with Gasteiger partial charge in [0.15, 0.2) is 5.78 Å². The molecule has 0 aliphatic heterocycles. The van der Waals surface area contributed by atoms with Crippen molar-refractivity contribution < 1.29 is 9.90 Å². The first-order chi connectivity index (χ1) is 9.65. The Kier molecular flexibility index (Phi) is 3.41. The van der Waals surface area contributed by atoms with Gasteiger partial charge < -0.3 is 5.11 Å². The zero-order valence-electron chi connectivity index (χ0n) is 12.1.